The summed E-state index contributed by atoms with van der Waals surface area (Å²) >= 11 is 0. The van der Waals surface area contributed by atoms with Gasteiger partial charge in [-0.1, -0.05) is 63.9 Å². The van der Waals surface area contributed by atoms with Crippen LogP contribution in [0.4, 0.5) is 0 Å². The van der Waals surface area contributed by atoms with Crippen molar-refractivity contribution in [3.05, 3.63) is 35.9 Å². The van der Waals surface area contributed by atoms with Gasteiger partial charge < -0.3 is 0 Å². The first-order valence-electron chi connectivity index (χ1n) is 6.41. The molecule has 0 unspecified atom stereocenters. The topological polar surface area (TPSA) is 0 Å². The third-order valence-electron chi connectivity index (χ3n) is 3.29. The minimum Gasteiger partial charge on any atom is -0.0683 e. The van der Waals surface area contributed by atoms with E-state index in [0.717, 1.165) is 11.8 Å². The number of hydrogen-bond acceptors (Lipinski definition) is 0. The van der Waals surface area contributed by atoms with Gasteiger partial charge in [0.15, 0.2) is 0 Å². The first kappa shape index (κ1) is 12.3. The lowest BCUT2D eigenvalue weighted by molar-refractivity contribution is 0.348. The Morgan fingerprint density at radius 2 is 1.40 bits per heavy atom. The smallest absolute Gasteiger partial charge is 0.0162 e. The second kappa shape index (κ2) is 6.66. The van der Waals surface area contributed by atoms with E-state index in [-0.39, 0.29) is 0 Å². The molecule has 84 valence electrons. The highest BCUT2D eigenvalue weighted by Gasteiger charge is 2.18. The minimum atomic E-state index is 0.845. The molecule has 1 aromatic rings. The molecule has 1 fully saturated rings. The van der Waals surface area contributed by atoms with Crippen LogP contribution in [-0.4, -0.2) is 0 Å². The van der Waals surface area contributed by atoms with E-state index in [4.69, 9.17) is 0 Å². The van der Waals surface area contributed by atoms with Crippen LogP contribution in [0.25, 0.3) is 0 Å². The molecule has 0 aromatic heterocycles. The summed E-state index contributed by atoms with van der Waals surface area (Å²) in [6.07, 6.45) is 5.62. The Balaban J connectivity index is 0.000000531. The van der Waals surface area contributed by atoms with Gasteiger partial charge in [0, 0.05) is 0 Å². The van der Waals surface area contributed by atoms with Crippen molar-refractivity contribution in [2.45, 2.75) is 52.4 Å². The predicted molar refractivity (Wildman–Crippen MR) is 68.2 cm³/mol. The van der Waals surface area contributed by atoms with Crippen molar-refractivity contribution < 1.29 is 0 Å². The molecule has 0 nitrogen and oxygen atoms in total. The van der Waals surface area contributed by atoms with Gasteiger partial charge in [-0.25, -0.2) is 0 Å². The van der Waals surface area contributed by atoms with Crippen molar-refractivity contribution in [1.82, 2.24) is 0 Å². The summed E-state index contributed by atoms with van der Waals surface area (Å²) in [5.74, 6) is 1.80. The molecule has 15 heavy (non-hydrogen) atoms. The molecule has 0 aliphatic heterocycles. The van der Waals surface area contributed by atoms with E-state index >= 15 is 0 Å². The van der Waals surface area contributed by atoms with Gasteiger partial charge in [0.05, 0.1) is 0 Å². The SMILES string of the molecule is CC.CC1CCC(c2ccccc2)CC1. The van der Waals surface area contributed by atoms with E-state index < -0.39 is 0 Å². The summed E-state index contributed by atoms with van der Waals surface area (Å²) in [6, 6.07) is 11.0. The highest BCUT2D eigenvalue weighted by Crippen LogP contribution is 2.35. The van der Waals surface area contributed by atoms with Crippen molar-refractivity contribution in [3.8, 4) is 0 Å². The molecule has 0 heteroatoms. The van der Waals surface area contributed by atoms with Crippen molar-refractivity contribution in [1.29, 1.82) is 0 Å². The Morgan fingerprint density at radius 3 is 1.93 bits per heavy atom. The van der Waals surface area contributed by atoms with Crippen LogP contribution in [0.3, 0.4) is 0 Å². The zero-order chi connectivity index (χ0) is 11.1. The van der Waals surface area contributed by atoms with Gasteiger partial charge in [-0.05, 0) is 30.2 Å². The number of rotatable bonds is 1. The fraction of sp³-hybridized carbons (Fsp3) is 0.600. The first-order valence-corrected chi connectivity index (χ1v) is 6.41. The van der Waals surface area contributed by atoms with Crippen LogP contribution in [0, 0.1) is 5.92 Å². The normalized spacial score (nSPS) is 25.3. The summed E-state index contributed by atoms with van der Waals surface area (Å²) < 4.78 is 0. The molecule has 2 rings (SSSR count). The predicted octanol–water partition coefficient (Wildman–Crippen LogP) is 5.01. The van der Waals surface area contributed by atoms with Gasteiger partial charge in [0.1, 0.15) is 0 Å². The average molecular weight is 204 g/mol. The zero-order valence-corrected chi connectivity index (χ0v) is 10.4. The van der Waals surface area contributed by atoms with Crippen molar-refractivity contribution in [2.24, 2.45) is 5.92 Å². The second-order valence-electron chi connectivity index (χ2n) is 4.37. The maximum absolute atomic E-state index is 2.38. The fourth-order valence-corrected chi connectivity index (χ4v) is 2.32. The number of benzene rings is 1. The largest absolute Gasteiger partial charge is 0.0683 e. The summed E-state index contributed by atoms with van der Waals surface area (Å²) in [4.78, 5) is 0. The zero-order valence-electron chi connectivity index (χ0n) is 10.4. The van der Waals surface area contributed by atoms with Gasteiger partial charge in [0.2, 0.25) is 0 Å². The van der Waals surface area contributed by atoms with E-state index in [9.17, 15) is 0 Å². The highest BCUT2D eigenvalue weighted by molar-refractivity contribution is 5.19. The molecule has 0 amide bonds. The highest BCUT2D eigenvalue weighted by atomic mass is 14.2. The fourth-order valence-electron chi connectivity index (χ4n) is 2.32. The van der Waals surface area contributed by atoms with E-state index in [1.54, 1.807) is 5.56 Å². The molecule has 0 heterocycles. The lowest BCUT2D eigenvalue weighted by Gasteiger charge is -2.26. The molecular weight excluding hydrogens is 180 g/mol. The second-order valence-corrected chi connectivity index (χ2v) is 4.37. The molecule has 0 atom stereocenters. The minimum absolute atomic E-state index is 0.845. The summed E-state index contributed by atoms with van der Waals surface area (Å²) in [5.41, 5.74) is 1.55. The van der Waals surface area contributed by atoms with Crippen LogP contribution in [0.2, 0.25) is 0 Å². The van der Waals surface area contributed by atoms with E-state index in [1.165, 1.54) is 25.7 Å². The summed E-state index contributed by atoms with van der Waals surface area (Å²) in [7, 11) is 0. The van der Waals surface area contributed by atoms with Gasteiger partial charge >= 0.3 is 0 Å². The molecule has 0 radical (unpaired) electrons. The van der Waals surface area contributed by atoms with Crippen LogP contribution in [0.15, 0.2) is 30.3 Å². The van der Waals surface area contributed by atoms with Crippen molar-refractivity contribution >= 4 is 0 Å². The van der Waals surface area contributed by atoms with Crippen LogP contribution >= 0.6 is 0 Å². The molecule has 0 spiro atoms. The van der Waals surface area contributed by atoms with Crippen LogP contribution < -0.4 is 0 Å². The Morgan fingerprint density at radius 1 is 0.867 bits per heavy atom. The van der Waals surface area contributed by atoms with Gasteiger partial charge in [0.25, 0.3) is 0 Å². The van der Waals surface area contributed by atoms with Crippen LogP contribution in [0.5, 0.6) is 0 Å². The van der Waals surface area contributed by atoms with Gasteiger partial charge in [-0.2, -0.15) is 0 Å². The summed E-state index contributed by atoms with van der Waals surface area (Å²) in [5, 5.41) is 0. The molecule has 1 aromatic carbocycles. The van der Waals surface area contributed by atoms with Gasteiger partial charge in [-0.15, -0.1) is 0 Å². The van der Waals surface area contributed by atoms with Crippen molar-refractivity contribution in [2.75, 3.05) is 0 Å². The molecule has 1 aliphatic rings. The van der Waals surface area contributed by atoms with Crippen LogP contribution in [0.1, 0.15) is 57.9 Å². The molecule has 0 N–H and O–H groups in total. The first-order chi connectivity index (χ1) is 7.36. The Kier molecular flexibility index (Phi) is 5.45. The summed E-state index contributed by atoms with van der Waals surface area (Å²) in [6.45, 7) is 6.38. The molecular formula is C15H24. The standard InChI is InChI=1S/C13H18.C2H6/c1-11-7-9-13(10-8-11)12-5-3-2-4-6-12;1-2/h2-6,11,13H,7-10H2,1H3;1-2H3. The third kappa shape index (κ3) is 3.70. The Bertz CT molecular complexity index is 242. The Hall–Kier alpha value is -0.780. The van der Waals surface area contributed by atoms with Crippen molar-refractivity contribution in [3.63, 3.8) is 0 Å². The maximum atomic E-state index is 2.38. The quantitative estimate of drug-likeness (QED) is 0.603. The van der Waals surface area contributed by atoms with E-state index in [0.29, 0.717) is 0 Å². The molecule has 1 saturated carbocycles. The van der Waals surface area contributed by atoms with E-state index in [2.05, 4.69) is 37.3 Å². The monoisotopic (exact) mass is 204 g/mol. The van der Waals surface area contributed by atoms with Crippen LogP contribution in [-0.2, 0) is 0 Å². The Labute approximate surface area is 94.7 Å². The lowest BCUT2D eigenvalue weighted by atomic mass is 9.79. The molecule has 1 aliphatic carbocycles. The lowest BCUT2D eigenvalue weighted by Crippen LogP contribution is -2.10. The molecule has 0 bridgehead atoms. The molecule has 0 saturated heterocycles. The van der Waals surface area contributed by atoms with Gasteiger partial charge in [-0.3, -0.25) is 0 Å². The average Bonchev–Trinajstić information content (AvgIpc) is 2.34. The third-order valence-corrected chi connectivity index (χ3v) is 3.29. The number of hydrogen-bond donors (Lipinski definition) is 0. The maximum Gasteiger partial charge on any atom is -0.0162 e. The van der Waals surface area contributed by atoms with E-state index in [1.807, 2.05) is 13.8 Å².